The van der Waals surface area contributed by atoms with Crippen LogP contribution in [-0.2, 0) is 0 Å². The molecule has 4 nitrogen and oxygen atoms in total. The molecule has 8 heteroatoms. The van der Waals surface area contributed by atoms with E-state index in [-0.39, 0.29) is 5.91 Å². The number of amides is 1. The fourth-order valence-electron chi connectivity index (χ4n) is 1.81. The van der Waals surface area contributed by atoms with Gasteiger partial charge < -0.3 is 0 Å². The highest BCUT2D eigenvalue weighted by molar-refractivity contribution is 7.97. The zero-order chi connectivity index (χ0) is 14.3. The van der Waals surface area contributed by atoms with Gasteiger partial charge in [0.25, 0.3) is 5.91 Å². The molecule has 0 saturated carbocycles. The molecule has 104 valence electrons. The number of aromatic nitrogens is 2. The summed E-state index contributed by atoms with van der Waals surface area (Å²) in [6.07, 6.45) is 1.71. The van der Waals surface area contributed by atoms with Crippen LogP contribution in [0.1, 0.15) is 17.4 Å². The van der Waals surface area contributed by atoms with Crippen molar-refractivity contribution in [2.24, 2.45) is 0 Å². The molecule has 0 radical (unpaired) electrons. The highest BCUT2D eigenvalue weighted by Crippen LogP contribution is 2.36. The van der Waals surface area contributed by atoms with Crippen LogP contribution in [0, 0.1) is 0 Å². The van der Waals surface area contributed by atoms with Crippen molar-refractivity contribution < 1.29 is 4.79 Å². The number of imidazole rings is 1. The number of benzene rings is 1. The molecule has 0 saturated heterocycles. The average molecular weight is 346 g/mol. The van der Waals surface area contributed by atoms with Crippen LogP contribution in [0.3, 0.4) is 0 Å². The third-order valence-electron chi connectivity index (χ3n) is 2.70. The summed E-state index contributed by atoms with van der Waals surface area (Å²) in [5, 5.41) is 1.04. The molecular weight excluding hydrogens is 337 g/mol. The fraction of sp³-hybridized carbons (Fsp3) is 0.167. The van der Waals surface area contributed by atoms with Gasteiger partial charge in [0.1, 0.15) is 5.69 Å². The Bertz CT molecular complexity index is 812. The SMILES string of the molecule is CCSNC(=O)c1cn2c(n1)sc1c(Cl)c(Cl)ccc12. The van der Waals surface area contributed by atoms with Crippen molar-refractivity contribution >= 4 is 67.6 Å². The lowest BCUT2D eigenvalue weighted by Crippen LogP contribution is -2.16. The lowest BCUT2D eigenvalue weighted by atomic mass is 10.3. The molecule has 0 aliphatic carbocycles. The normalized spacial score (nSPS) is 11.3. The van der Waals surface area contributed by atoms with Crippen LogP contribution in [0.5, 0.6) is 0 Å². The van der Waals surface area contributed by atoms with Gasteiger partial charge in [0.05, 0.1) is 20.3 Å². The molecule has 0 unspecified atom stereocenters. The van der Waals surface area contributed by atoms with Crippen LogP contribution in [0.2, 0.25) is 10.0 Å². The summed E-state index contributed by atoms with van der Waals surface area (Å²) in [7, 11) is 0. The summed E-state index contributed by atoms with van der Waals surface area (Å²) >= 11 is 14.9. The van der Waals surface area contributed by atoms with Gasteiger partial charge in [-0.25, -0.2) is 4.98 Å². The number of hydrogen-bond donors (Lipinski definition) is 1. The summed E-state index contributed by atoms with van der Waals surface area (Å²) in [5.74, 6) is 0.617. The van der Waals surface area contributed by atoms with E-state index in [1.165, 1.54) is 23.3 Å². The smallest absolute Gasteiger partial charge is 0.281 e. The Morgan fingerprint density at radius 2 is 2.30 bits per heavy atom. The second-order valence-electron chi connectivity index (χ2n) is 3.95. The predicted molar refractivity (Wildman–Crippen MR) is 86.2 cm³/mol. The summed E-state index contributed by atoms with van der Waals surface area (Å²) in [6.45, 7) is 1.97. The molecule has 1 amide bonds. The van der Waals surface area contributed by atoms with Crippen LogP contribution in [-0.4, -0.2) is 21.0 Å². The highest BCUT2D eigenvalue weighted by atomic mass is 35.5. The quantitative estimate of drug-likeness (QED) is 0.721. The van der Waals surface area contributed by atoms with E-state index in [0.717, 1.165) is 20.9 Å². The topological polar surface area (TPSA) is 46.4 Å². The van der Waals surface area contributed by atoms with E-state index >= 15 is 0 Å². The second kappa shape index (κ2) is 5.44. The zero-order valence-corrected chi connectivity index (χ0v) is 13.5. The maximum Gasteiger partial charge on any atom is 0.281 e. The van der Waals surface area contributed by atoms with Crippen LogP contribution < -0.4 is 4.72 Å². The first-order chi connectivity index (χ1) is 9.61. The standard InChI is InChI=1S/C12H9Cl2N3OS2/c1-2-19-16-11(18)7-5-17-8-4-3-6(13)9(14)10(8)20-12(17)15-7/h3-5H,2H2,1H3,(H,16,18). The van der Waals surface area contributed by atoms with Crippen LogP contribution in [0.25, 0.3) is 15.2 Å². The van der Waals surface area contributed by atoms with Crippen LogP contribution in [0.15, 0.2) is 18.3 Å². The van der Waals surface area contributed by atoms with Gasteiger partial charge in [0.15, 0.2) is 4.96 Å². The Morgan fingerprint density at radius 3 is 3.05 bits per heavy atom. The minimum Gasteiger partial charge on any atom is -0.295 e. The van der Waals surface area contributed by atoms with Gasteiger partial charge in [-0.15, -0.1) is 0 Å². The molecule has 0 spiro atoms. The summed E-state index contributed by atoms with van der Waals surface area (Å²) < 4.78 is 5.45. The van der Waals surface area contributed by atoms with Gasteiger partial charge in [-0.05, 0) is 12.1 Å². The Hall–Kier alpha value is -0.950. The molecule has 0 atom stereocenters. The summed E-state index contributed by atoms with van der Waals surface area (Å²) in [4.78, 5) is 16.9. The van der Waals surface area contributed by atoms with Crippen molar-refractivity contribution in [3.05, 3.63) is 34.1 Å². The molecule has 0 aliphatic heterocycles. The molecule has 0 aliphatic rings. The van der Waals surface area contributed by atoms with Crippen molar-refractivity contribution in [2.45, 2.75) is 6.92 Å². The molecule has 0 bridgehead atoms. The Morgan fingerprint density at radius 1 is 1.50 bits per heavy atom. The van der Waals surface area contributed by atoms with E-state index in [4.69, 9.17) is 23.2 Å². The van der Waals surface area contributed by atoms with Gasteiger partial charge >= 0.3 is 0 Å². The number of hydrogen-bond acceptors (Lipinski definition) is 4. The lowest BCUT2D eigenvalue weighted by Gasteiger charge is -1.98. The zero-order valence-electron chi connectivity index (χ0n) is 10.3. The predicted octanol–water partition coefficient (Wildman–Crippen LogP) is 4.25. The number of rotatable bonds is 3. The fourth-order valence-corrected chi connectivity index (χ4v) is 3.72. The molecular formula is C12H9Cl2N3OS2. The summed E-state index contributed by atoms with van der Waals surface area (Å²) in [6, 6.07) is 3.61. The lowest BCUT2D eigenvalue weighted by molar-refractivity contribution is 0.0980. The van der Waals surface area contributed by atoms with Gasteiger partial charge in [-0.3, -0.25) is 13.9 Å². The van der Waals surface area contributed by atoms with E-state index in [1.807, 2.05) is 17.4 Å². The van der Waals surface area contributed by atoms with E-state index in [9.17, 15) is 4.79 Å². The molecule has 3 rings (SSSR count). The second-order valence-corrected chi connectivity index (χ2v) is 6.79. The number of carbonyl (C=O) groups excluding carboxylic acids is 1. The number of nitrogens with zero attached hydrogens (tertiary/aromatic N) is 2. The van der Waals surface area contributed by atoms with Crippen molar-refractivity contribution in [1.29, 1.82) is 0 Å². The number of fused-ring (bicyclic) bond motifs is 3. The first kappa shape index (κ1) is 14.0. The first-order valence-electron chi connectivity index (χ1n) is 5.79. The van der Waals surface area contributed by atoms with E-state index in [0.29, 0.717) is 15.7 Å². The molecule has 3 aromatic rings. The number of carbonyl (C=O) groups is 1. The van der Waals surface area contributed by atoms with E-state index in [2.05, 4.69) is 9.71 Å². The average Bonchev–Trinajstić information content (AvgIpc) is 2.98. The maximum absolute atomic E-state index is 11.9. The van der Waals surface area contributed by atoms with E-state index in [1.54, 1.807) is 12.3 Å². The molecule has 2 aromatic heterocycles. The van der Waals surface area contributed by atoms with Gasteiger partial charge in [0, 0.05) is 11.9 Å². The highest BCUT2D eigenvalue weighted by Gasteiger charge is 2.16. The van der Waals surface area contributed by atoms with Crippen molar-refractivity contribution in [3.63, 3.8) is 0 Å². The first-order valence-corrected chi connectivity index (χ1v) is 8.35. The van der Waals surface area contributed by atoms with Crippen LogP contribution in [0.4, 0.5) is 0 Å². The third-order valence-corrected chi connectivity index (χ3v) is 5.32. The minimum absolute atomic E-state index is 0.194. The molecule has 0 fully saturated rings. The van der Waals surface area contributed by atoms with Crippen molar-refractivity contribution in [3.8, 4) is 0 Å². The van der Waals surface area contributed by atoms with Crippen molar-refractivity contribution in [1.82, 2.24) is 14.1 Å². The minimum atomic E-state index is -0.194. The summed E-state index contributed by atoms with van der Waals surface area (Å²) in [5.41, 5.74) is 1.29. The molecule has 20 heavy (non-hydrogen) atoms. The van der Waals surface area contributed by atoms with Crippen LogP contribution >= 0.6 is 46.5 Å². The Balaban J connectivity index is 2.09. The maximum atomic E-state index is 11.9. The van der Waals surface area contributed by atoms with Gasteiger partial charge in [-0.1, -0.05) is 53.4 Å². The molecule has 1 N–H and O–H groups in total. The molecule has 1 aromatic carbocycles. The third kappa shape index (κ3) is 2.26. The van der Waals surface area contributed by atoms with Gasteiger partial charge in [0.2, 0.25) is 0 Å². The monoisotopic (exact) mass is 345 g/mol. The largest absolute Gasteiger partial charge is 0.295 e. The number of halogens is 2. The number of nitrogens with one attached hydrogen (secondary N) is 1. The van der Waals surface area contributed by atoms with E-state index < -0.39 is 0 Å². The number of thiazole rings is 1. The Kier molecular flexibility index (Phi) is 3.81. The Labute approximate surface area is 133 Å². The van der Waals surface area contributed by atoms with Gasteiger partial charge in [-0.2, -0.15) is 0 Å². The van der Waals surface area contributed by atoms with Crippen molar-refractivity contribution in [2.75, 3.05) is 5.75 Å². The molecule has 2 heterocycles.